The Hall–Kier alpha value is -3.77. The van der Waals surface area contributed by atoms with Crippen molar-refractivity contribution in [2.75, 3.05) is 0 Å². The molecule has 4 rings (SSSR count). The van der Waals surface area contributed by atoms with E-state index in [1.165, 1.54) is 6.07 Å². The number of hydrogen-bond acceptors (Lipinski definition) is 5. The maximum Gasteiger partial charge on any atom is 0.433 e. The van der Waals surface area contributed by atoms with E-state index >= 15 is 0 Å². The minimum absolute atomic E-state index is 0.0651. The molecular weight excluding hydrogens is 454 g/mol. The van der Waals surface area contributed by atoms with Crippen LogP contribution in [-0.4, -0.2) is 30.6 Å². The van der Waals surface area contributed by atoms with Crippen molar-refractivity contribution in [2.24, 2.45) is 5.73 Å². The van der Waals surface area contributed by atoms with E-state index < -0.39 is 29.6 Å². The SMILES string of the molecule is NC(=O)/C(=C/n1cnc(-c2cc(C3CC3)nc(C(F)(F)F)c2)n1)c1ccnc(C(F)(F)F)c1. The zero-order valence-corrected chi connectivity index (χ0v) is 16.5. The molecule has 0 unspecified atom stereocenters. The molecule has 1 fully saturated rings. The Bertz CT molecular complexity index is 1240. The predicted molar refractivity (Wildman–Crippen MR) is 103 cm³/mol. The molecule has 0 spiro atoms. The van der Waals surface area contributed by atoms with Crippen LogP contribution >= 0.6 is 0 Å². The second-order valence-electron chi connectivity index (χ2n) is 7.32. The fourth-order valence-corrected chi connectivity index (χ4v) is 3.05. The lowest BCUT2D eigenvalue weighted by molar-refractivity contribution is -0.142. The quantitative estimate of drug-likeness (QED) is 0.448. The van der Waals surface area contributed by atoms with Gasteiger partial charge in [0, 0.05) is 29.6 Å². The van der Waals surface area contributed by atoms with Gasteiger partial charge in [-0.2, -0.15) is 26.3 Å². The van der Waals surface area contributed by atoms with Crippen molar-refractivity contribution in [1.29, 1.82) is 0 Å². The molecule has 2 N–H and O–H groups in total. The molecule has 0 saturated heterocycles. The van der Waals surface area contributed by atoms with Gasteiger partial charge in [0.25, 0.3) is 5.91 Å². The van der Waals surface area contributed by atoms with E-state index in [1.54, 1.807) is 0 Å². The molecule has 0 atom stereocenters. The van der Waals surface area contributed by atoms with Crippen molar-refractivity contribution in [3.05, 3.63) is 59.4 Å². The topological polar surface area (TPSA) is 99.6 Å². The highest BCUT2D eigenvalue weighted by atomic mass is 19.4. The Kier molecular flexibility index (Phi) is 5.42. The number of nitrogens with two attached hydrogens (primary N) is 1. The lowest BCUT2D eigenvalue weighted by atomic mass is 10.1. The average molecular weight is 468 g/mol. The maximum atomic E-state index is 13.3. The zero-order valence-electron chi connectivity index (χ0n) is 16.5. The summed E-state index contributed by atoms with van der Waals surface area (Å²) in [5.41, 5.74) is 2.86. The van der Waals surface area contributed by atoms with Crippen LogP contribution in [0.5, 0.6) is 0 Å². The van der Waals surface area contributed by atoms with E-state index in [0.717, 1.165) is 48.4 Å². The molecule has 33 heavy (non-hydrogen) atoms. The van der Waals surface area contributed by atoms with Crippen molar-refractivity contribution in [1.82, 2.24) is 24.7 Å². The van der Waals surface area contributed by atoms with Gasteiger partial charge in [0.15, 0.2) is 5.82 Å². The van der Waals surface area contributed by atoms with Crippen LogP contribution in [-0.2, 0) is 17.1 Å². The van der Waals surface area contributed by atoms with Gasteiger partial charge in [-0.15, -0.1) is 5.10 Å². The first-order chi connectivity index (χ1) is 15.4. The summed E-state index contributed by atoms with van der Waals surface area (Å²) in [4.78, 5) is 22.7. The molecule has 0 aromatic carbocycles. The van der Waals surface area contributed by atoms with Crippen LogP contribution in [0, 0.1) is 0 Å². The monoisotopic (exact) mass is 468 g/mol. The van der Waals surface area contributed by atoms with Crippen molar-refractivity contribution in [3.8, 4) is 11.4 Å². The summed E-state index contributed by atoms with van der Waals surface area (Å²) in [5.74, 6) is -1.20. The molecule has 1 amide bonds. The number of alkyl halides is 6. The van der Waals surface area contributed by atoms with Gasteiger partial charge in [-0.1, -0.05) is 0 Å². The van der Waals surface area contributed by atoms with E-state index in [2.05, 4.69) is 20.1 Å². The summed E-state index contributed by atoms with van der Waals surface area (Å²) < 4.78 is 79.6. The summed E-state index contributed by atoms with van der Waals surface area (Å²) in [6.07, 6.45) is -4.96. The summed E-state index contributed by atoms with van der Waals surface area (Å²) in [6, 6.07) is 4.07. The molecule has 172 valence electrons. The van der Waals surface area contributed by atoms with Gasteiger partial charge in [0.05, 0.1) is 5.57 Å². The molecule has 3 aromatic heterocycles. The fraction of sp³-hybridized carbons (Fsp3) is 0.250. The highest BCUT2D eigenvalue weighted by molar-refractivity contribution is 6.22. The van der Waals surface area contributed by atoms with Crippen molar-refractivity contribution < 1.29 is 31.1 Å². The van der Waals surface area contributed by atoms with E-state index in [4.69, 9.17) is 5.73 Å². The van der Waals surface area contributed by atoms with Gasteiger partial charge >= 0.3 is 12.4 Å². The van der Waals surface area contributed by atoms with Gasteiger partial charge in [0.1, 0.15) is 17.7 Å². The van der Waals surface area contributed by atoms with Crippen molar-refractivity contribution in [2.45, 2.75) is 31.1 Å². The van der Waals surface area contributed by atoms with Crippen LogP contribution in [0.1, 0.15) is 41.4 Å². The van der Waals surface area contributed by atoms with Gasteiger partial charge in [0.2, 0.25) is 0 Å². The van der Waals surface area contributed by atoms with Gasteiger partial charge < -0.3 is 5.73 Å². The number of rotatable bonds is 5. The zero-order chi connectivity index (χ0) is 24.0. The number of aromatic nitrogens is 5. The molecule has 0 radical (unpaired) electrons. The van der Waals surface area contributed by atoms with Crippen LogP contribution in [0.3, 0.4) is 0 Å². The van der Waals surface area contributed by atoms with E-state index in [1.807, 2.05) is 0 Å². The second-order valence-corrected chi connectivity index (χ2v) is 7.32. The Morgan fingerprint density at radius 3 is 2.33 bits per heavy atom. The first-order valence-electron chi connectivity index (χ1n) is 9.48. The van der Waals surface area contributed by atoms with Crippen LogP contribution < -0.4 is 5.73 Å². The van der Waals surface area contributed by atoms with Crippen LogP contribution in [0.4, 0.5) is 26.3 Å². The number of hydrogen-bond donors (Lipinski definition) is 1. The average Bonchev–Trinajstić information content (AvgIpc) is 3.48. The second kappa shape index (κ2) is 7.98. The van der Waals surface area contributed by atoms with Gasteiger partial charge in [-0.25, -0.2) is 14.6 Å². The normalized spacial score (nSPS) is 15.0. The third-order valence-corrected chi connectivity index (χ3v) is 4.79. The highest BCUT2D eigenvalue weighted by Crippen LogP contribution is 2.41. The Balaban J connectivity index is 1.72. The van der Waals surface area contributed by atoms with E-state index in [-0.39, 0.29) is 34.1 Å². The number of pyridine rings is 2. The van der Waals surface area contributed by atoms with Crippen molar-refractivity contribution >= 4 is 17.7 Å². The smallest absolute Gasteiger partial charge is 0.366 e. The molecule has 1 saturated carbocycles. The van der Waals surface area contributed by atoms with E-state index in [9.17, 15) is 31.1 Å². The molecule has 0 aliphatic heterocycles. The lowest BCUT2D eigenvalue weighted by Gasteiger charge is -2.09. The largest absolute Gasteiger partial charge is 0.433 e. The fourth-order valence-electron chi connectivity index (χ4n) is 3.05. The molecular formula is C20H14F6N6O. The summed E-state index contributed by atoms with van der Waals surface area (Å²) in [5, 5.41) is 4.03. The molecule has 1 aliphatic carbocycles. The minimum Gasteiger partial charge on any atom is -0.366 e. The summed E-state index contributed by atoms with van der Waals surface area (Å²) in [6.45, 7) is 0. The van der Waals surface area contributed by atoms with Crippen LogP contribution in [0.2, 0.25) is 0 Å². The van der Waals surface area contributed by atoms with Crippen LogP contribution in [0.15, 0.2) is 36.8 Å². The molecule has 7 nitrogen and oxygen atoms in total. The number of carbonyl (C=O) groups excluding carboxylic acids is 1. The molecule has 1 aliphatic rings. The maximum absolute atomic E-state index is 13.3. The third kappa shape index (κ3) is 5.02. The number of carbonyl (C=O) groups is 1. The number of primary amides is 1. The molecule has 13 heteroatoms. The molecule has 3 heterocycles. The standard InChI is InChI=1S/C20H14F6N6O/c21-19(22,23)15-6-11(3-4-28-15)13(17(27)33)8-32-9-29-18(31-32)12-5-14(10-1-2-10)30-16(7-12)20(24,25)26/h3-10H,1-2H2,(H2,27,33)/b13-8+. The van der Waals surface area contributed by atoms with Crippen molar-refractivity contribution in [3.63, 3.8) is 0 Å². The summed E-state index contributed by atoms with van der Waals surface area (Å²) >= 11 is 0. The third-order valence-electron chi connectivity index (χ3n) is 4.79. The molecule has 3 aromatic rings. The Morgan fingerprint density at radius 2 is 1.73 bits per heavy atom. The number of halogens is 6. The highest BCUT2D eigenvalue weighted by Gasteiger charge is 2.36. The number of nitrogens with zero attached hydrogens (tertiary/aromatic N) is 5. The van der Waals surface area contributed by atoms with Gasteiger partial charge in [-0.05, 0) is 42.7 Å². The lowest BCUT2D eigenvalue weighted by Crippen LogP contribution is -2.15. The van der Waals surface area contributed by atoms with E-state index in [0.29, 0.717) is 6.07 Å². The molecule has 0 bridgehead atoms. The Labute approximate surface area is 182 Å². The van der Waals surface area contributed by atoms with Gasteiger partial charge in [-0.3, -0.25) is 9.78 Å². The number of amides is 1. The Morgan fingerprint density at radius 1 is 1.03 bits per heavy atom. The minimum atomic E-state index is -4.74. The first-order valence-corrected chi connectivity index (χ1v) is 9.48. The summed E-state index contributed by atoms with van der Waals surface area (Å²) in [7, 11) is 0. The predicted octanol–water partition coefficient (Wildman–Crippen LogP) is 4.13. The van der Waals surface area contributed by atoms with Crippen LogP contribution in [0.25, 0.3) is 23.2 Å². The first kappa shape index (κ1) is 22.4.